The Morgan fingerprint density at radius 2 is 1.64 bits per heavy atom. The van der Waals surface area contributed by atoms with Crippen LogP contribution in [-0.2, 0) is 4.79 Å². The zero-order valence-corrected chi connectivity index (χ0v) is 17.0. The van der Waals surface area contributed by atoms with E-state index in [0.29, 0.717) is 5.92 Å². The maximum atomic E-state index is 13.6. The largest absolute Gasteiger partial charge is 0.421 e. The normalized spacial score (nSPS) is 28.1. The van der Waals surface area contributed by atoms with E-state index in [1.165, 1.54) is 51.4 Å². The van der Waals surface area contributed by atoms with Gasteiger partial charge in [-0.05, 0) is 68.4 Å². The van der Waals surface area contributed by atoms with Gasteiger partial charge in [0, 0.05) is 0 Å². The van der Waals surface area contributed by atoms with Crippen LogP contribution in [0.5, 0.6) is 5.75 Å². The number of carbonyl (C=O) groups excluding carboxylic acids is 1. The number of ether oxygens (including phenoxy) is 1. The lowest BCUT2D eigenvalue weighted by Gasteiger charge is -2.37. The molecular formula is C23H33F2NO2. The molecule has 2 fully saturated rings. The summed E-state index contributed by atoms with van der Waals surface area (Å²) >= 11 is 0. The van der Waals surface area contributed by atoms with Crippen molar-refractivity contribution in [2.75, 3.05) is 0 Å². The summed E-state index contributed by atoms with van der Waals surface area (Å²) in [5, 5.41) is 0. The first-order valence-electron chi connectivity index (χ1n) is 11.1. The lowest BCUT2D eigenvalue weighted by molar-refractivity contribution is -0.140. The minimum atomic E-state index is -1.07. The topological polar surface area (TPSA) is 39.2 Å². The molecule has 2 aliphatic rings. The molecule has 0 saturated heterocycles. The van der Waals surface area contributed by atoms with Gasteiger partial charge >= 0.3 is 5.97 Å². The molecule has 156 valence electrons. The van der Waals surface area contributed by atoms with Crippen LogP contribution >= 0.6 is 0 Å². The fraction of sp³-hybridized carbons (Fsp3) is 0.739. The molecule has 1 aromatic rings. The summed E-state index contributed by atoms with van der Waals surface area (Å²) in [5.74, 6) is -0.432. The van der Waals surface area contributed by atoms with Crippen LogP contribution in [0.4, 0.5) is 8.78 Å². The van der Waals surface area contributed by atoms with Crippen molar-refractivity contribution in [1.82, 2.24) is 4.98 Å². The monoisotopic (exact) mass is 393 g/mol. The molecule has 0 bridgehead atoms. The van der Waals surface area contributed by atoms with Crippen molar-refractivity contribution in [1.29, 1.82) is 0 Å². The molecule has 0 N–H and O–H groups in total. The molecule has 28 heavy (non-hydrogen) atoms. The molecule has 0 atom stereocenters. The van der Waals surface area contributed by atoms with Gasteiger partial charge in [0.05, 0.1) is 5.92 Å². The number of carbonyl (C=O) groups is 1. The maximum absolute atomic E-state index is 13.6. The van der Waals surface area contributed by atoms with Gasteiger partial charge in [0.1, 0.15) is 0 Å². The highest BCUT2D eigenvalue weighted by molar-refractivity contribution is 5.75. The third-order valence-electron chi connectivity index (χ3n) is 6.87. The van der Waals surface area contributed by atoms with E-state index in [9.17, 15) is 13.6 Å². The van der Waals surface area contributed by atoms with Gasteiger partial charge in [0.2, 0.25) is 5.95 Å². The fourth-order valence-electron chi connectivity index (χ4n) is 5.12. The first kappa shape index (κ1) is 21.2. The van der Waals surface area contributed by atoms with Gasteiger partial charge in [-0.25, -0.2) is 0 Å². The molecule has 0 spiro atoms. The second kappa shape index (κ2) is 10.3. The van der Waals surface area contributed by atoms with Crippen molar-refractivity contribution in [2.45, 2.75) is 84.0 Å². The van der Waals surface area contributed by atoms with Gasteiger partial charge in [-0.15, -0.1) is 0 Å². The van der Waals surface area contributed by atoms with E-state index in [-0.39, 0.29) is 11.7 Å². The number of aromatic nitrogens is 1. The third kappa shape index (κ3) is 5.74. The summed E-state index contributed by atoms with van der Waals surface area (Å²) in [6, 6.07) is 2.13. The molecule has 2 aliphatic carbocycles. The number of unbranched alkanes of at least 4 members (excludes halogenated alkanes) is 2. The van der Waals surface area contributed by atoms with Crippen molar-refractivity contribution in [3.05, 3.63) is 24.0 Å². The van der Waals surface area contributed by atoms with Crippen molar-refractivity contribution < 1.29 is 18.3 Å². The molecule has 2 saturated carbocycles. The number of hydrogen-bond acceptors (Lipinski definition) is 3. The van der Waals surface area contributed by atoms with Gasteiger partial charge in [-0.3, -0.25) is 4.79 Å². The Morgan fingerprint density at radius 3 is 2.25 bits per heavy atom. The van der Waals surface area contributed by atoms with Crippen LogP contribution in [0, 0.1) is 35.6 Å². The second-order valence-corrected chi connectivity index (χ2v) is 8.73. The molecule has 0 amide bonds. The predicted octanol–water partition coefficient (Wildman–Crippen LogP) is 6.46. The Labute approximate surface area is 167 Å². The van der Waals surface area contributed by atoms with Crippen LogP contribution in [0.3, 0.4) is 0 Å². The molecular weight excluding hydrogens is 360 g/mol. The Morgan fingerprint density at radius 1 is 1.00 bits per heavy atom. The van der Waals surface area contributed by atoms with Gasteiger partial charge in [0.25, 0.3) is 5.95 Å². The van der Waals surface area contributed by atoms with Crippen LogP contribution in [0.1, 0.15) is 84.0 Å². The molecule has 3 rings (SSSR count). The average molecular weight is 394 g/mol. The van der Waals surface area contributed by atoms with Crippen LogP contribution in [0.2, 0.25) is 0 Å². The molecule has 0 aliphatic heterocycles. The first-order chi connectivity index (χ1) is 13.6. The number of rotatable bonds is 7. The number of hydrogen-bond donors (Lipinski definition) is 0. The summed E-state index contributed by atoms with van der Waals surface area (Å²) in [7, 11) is 0. The van der Waals surface area contributed by atoms with Crippen LogP contribution in [0.15, 0.2) is 12.1 Å². The van der Waals surface area contributed by atoms with Crippen molar-refractivity contribution in [2.24, 2.45) is 23.7 Å². The Kier molecular flexibility index (Phi) is 7.81. The molecule has 0 unspecified atom stereocenters. The number of halogens is 2. The summed E-state index contributed by atoms with van der Waals surface area (Å²) in [6.45, 7) is 2.26. The van der Waals surface area contributed by atoms with Gasteiger partial charge < -0.3 is 4.74 Å². The highest BCUT2D eigenvalue weighted by Gasteiger charge is 2.33. The number of nitrogens with zero attached hydrogens (tertiary/aromatic N) is 1. The highest BCUT2D eigenvalue weighted by Crippen LogP contribution is 2.42. The maximum Gasteiger partial charge on any atom is 0.314 e. The van der Waals surface area contributed by atoms with E-state index in [1.54, 1.807) is 0 Å². The summed E-state index contributed by atoms with van der Waals surface area (Å²) < 4.78 is 31.6. The second-order valence-electron chi connectivity index (χ2n) is 8.73. The minimum absolute atomic E-state index is 0.189. The average Bonchev–Trinajstić information content (AvgIpc) is 2.71. The Hall–Kier alpha value is -1.52. The summed E-state index contributed by atoms with van der Waals surface area (Å²) in [6.07, 6.45) is 14.5. The number of pyridine rings is 1. The van der Waals surface area contributed by atoms with E-state index < -0.39 is 17.9 Å². The molecule has 5 heteroatoms. The van der Waals surface area contributed by atoms with Gasteiger partial charge in [-0.2, -0.15) is 13.8 Å². The lowest BCUT2D eigenvalue weighted by atomic mass is 9.68. The predicted molar refractivity (Wildman–Crippen MR) is 105 cm³/mol. The van der Waals surface area contributed by atoms with Crippen molar-refractivity contribution in [3.8, 4) is 5.75 Å². The number of esters is 1. The van der Waals surface area contributed by atoms with E-state index in [4.69, 9.17) is 4.74 Å². The standard InChI is InChI=1S/C23H33F2NO2/c1-2-3-4-5-16-6-8-17(9-7-16)18-10-12-19(13-11-18)23(27)28-20-14-15-21(24)26-22(20)25/h14-19H,2-13H2,1H3. The zero-order chi connectivity index (χ0) is 19.9. The van der Waals surface area contributed by atoms with E-state index in [0.717, 1.165) is 49.7 Å². The Bertz CT molecular complexity index is 635. The van der Waals surface area contributed by atoms with E-state index >= 15 is 0 Å². The SMILES string of the molecule is CCCCCC1CCC(C2CCC(C(=O)Oc3ccc(F)nc3F)CC2)CC1. The minimum Gasteiger partial charge on any atom is -0.421 e. The molecule has 1 aromatic heterocycles. The fourth-order valence-corrected chi connectivity index (χ4v) is 5.12. The summed E-state index contributed by atoms with van der Waals surface area (Å²) in [5.41, 5.74) is 0. The van der Waals surface area contributed by atoms with E-state index in [1.807, 2.05) is 0 Å². The smallest absolute Gasteiger partial charge is 0.314 e. The summed E-state index contributed by atoms with van der Waals surface area (Å²) in [4.78, 5) is 15.4. The molecule has 1 heterocycles. The van der Waals surface area contributed by atoms with E-state index in [2.05, 4.69) is 11.9 Å². The molecule has 0 radical (unpaired) electrons. The quantitative estimate of drug-likeness (QED) is 0.303. The Balaban J connectivity index is 1.40. The first-order valence-corrected chi connectivity index (χ1v) is 11.1. The van der Waals surface area contributed by atoms with Crippen LogP contribution < -0.4 is 4.74 Å². The van der Waals surface area contributed by atoms with Crippen molar-refractivity contribution in [3.63, 3.8) is 0 Å². The van der Waals surface area contributed by atoms with Gasteiger partial charge in [-0.1, -0.05) is 45.4 Å². The highest BCUT2D eigenvalue weighted by atomic mass is 19.1. The molecule has 3 nitrogen and oxygen atoms in total. The van der Waals surface area contributed by atoms with Crippen LogP contribution in [0.25, 0.3) is 0 Å². The zero-order valence-electron chi connectivity index (χ0n) is 17.0. The van der Waals surface area contributed by atoms with Gasteiger partial charge in [0.15, 0.2) is 5.75 Å². The lowest BCUT2D eigenvalue weighted by Crippen LogP contribution is -2.30. The van der Waals surface area contributed by atoms with Crippen molar-refractivity contribution >= 4 is 5.97 Å². The van der Waals surface area contributed by atoms with Crippen LogP contribution in [-0.4, -0.2) is 11.0 Å². The molecule has 0 aromatic carbocycles. The third-order valence-corrected chi connectivity index (χ3v) is 6.87.